The highest BCUT2D eigenvalue weighted by Crippen LogP contribution is 2.37. The molecule has 2 aromatic heterocycles. The second kappa shape index (κ2) is 6.59. The maximum atomic E-state index is 13.4. The predicted molar refractivity (Wildman–Crippen MR) is 93.7 cm³/mol. The third kappa shape index (κ3) is 2.69. The number of hydrogen-bond acceptors (Lipinski definition) is 4. The Morgan fingerprint density at radius 3 is 2.88 bits per heavy atom. The molecule has 2 aliphatic heterocycles. The molecule has 2 amide bonds. The number of nitrogens with zero attached hydrogens (tertiary/aromatic N) is 6. The number of hydrogen-bond donors (Lipinski definition) is 0. The van der Waals surface area contributed by atoms with Crippen molar-refractivity contribution in [1.29, 1.82) is 0 Å². The Labute approximate surface area is 152 Å². The smallest absolute Gasteiger partial charge is 0.228 e. The topological polar surface area (TPSA) is 76.3 Å². The molecule has 2 atom stereocenters. The van der Waals surface area contributed by atoms with Gasteiger partial charge in [0.05, 0.1) is 24.2 Å². The predicted octanol–water partition coefficient (Wildman–Crippen LogP) is 0.959. The van der Waals surface area contributed by atoms with Gasteiger partial charge in [-0.1, -0.05) is 0 Å². The standard InChI is InChI=1S/C18H24N6O2/c1-3-24-16(25)5-4-13(17(24)14-6-7-20-21(14)2)18(26)23-11-10-22-9-8-19-15(22)12-23/h6-9,13,17H,3-5,10-12H2,1-2H3/t13-,17-/m0/s1. The summed E-state index contributed by atoms with van der Waals surface area (Å²) in [5.41, 5.74) is 0.914. The van der Waals surface area contributed by atoms with E-state index in [4.69, 9.17) is 0 Å². The number of amides is 2. The molecule has 4 rings (SSSR count). The minimum atomic E-state index is -0.261. The Balaban J connectivity index is 1.64. The number of carbonyl (C=O) groups excluding carboxylic acids is 2. The van der Waals surface area contributed by atoms with E-state index in [1.54, 1.807) is 17.1 Å². The Hall–Kier alpha value is -2.64. The lowest BCUT2D eigenvalue weighted by Gasteiger charge is -2.42. The van der Waals surface area contributed by atoms with E-state index in [9.17, 15) is 9.59 Å². The van der Waals surface area contributed by atoms with Gasteiger partial charge in [0.25, 0.3) is 0 Å². The maximum Gasteiger partial charge on any atom is 0.228 e. The highest BCUT2D eigenvalue weighted by atomic mass is 16.2. The van der Waals surface area contributed by atoms with E-state index in [2.05, 4.69) is 14.6 Å². The molecule has 0 aromatic carbocycles. The Kier molecular flexibility index (Phi) is 4.26. The number of fused-ring (bicyclic) bond motifs is 1. The van der Waals surface area contributed by atoms with E-state index in [-0.39, 0.29) is 23.8 Å². The Morgan fingerprint density at radius 1 is 1.31 bits per heavy atom. The van der Waals surface area contributed by atoms with Crippen LogP contribution >= 0.6 is 0 Å². The van der Waals surface area contributed by atoms with Crippen molar-refractivity contribution in [3.63, 3.8) is 0 Å². The van der Waals surface area contributed by atoms with E-state index in [1.807, 2.05) is 36.0 Å². The zero-order valence-electron chi connectivity index (χ0n) is 15.2. The number of likely N-dealkylation sites (tertiary alicyclic amines) is 1. The van der Waals surface area contributed by atoms with Gasteiger partial charge in [-0.2, -0.15) is 5.10 Å². The van der Waals surface area contributed by atoms with Crippen molar-refractivity contribution in [2.24, 2.45) is 13.0 Å². The molecule has 1 fully saturated rings. The van der Waals surface area contributed by atoms with Gasteiger partial charge in [-0.25, -0.2) is 4.98 Å². The molecule has 26 heavy (non-hydrogen) atoms. The lowest BCUT2D eigenvalue weighted by molar-refractivity contribution is -0.149. The van der Waals surface area contributed by atoms with Crippen LogP contribution < -0.4 is 0 Å². The molecule has 2 aromatic rings. The minimum absolute atomic E-state index is 0.108. The first kappa shape index (κ1) is 16.8. The molecule has 0 unspecified atom stereocenters. The van der Waals surface area contributed by atoms with E-state index < -0.39 is 0 Å². The van der Waals surface area contributed by atoms with Gasteiger partial charge in [0.2, 0.25) is 11.8 Å². The molecule has 0 radical (unpaired) electrons. The number of carbonyl (C=O) groups is 2. The molecule has 0 saturated carbocycles. The zero-order valence-corrected chi connectivity index (χ0v) is 15.2. The van der Waals surface area contributed by atoms with Gasteiger partial charge in [-0.15, -0.1) is 0 Å². The van der Waals surface area contributed by atoms with Crippen LogP contribution in [0.3, 0.4) is 0 Å². The summed E-state index contributed by atoms with van der Waals surface area (Å²) in [6.45, 7) is 4.52. The molecule has 1 saturated heterocycles. The average molecular weight is 356 g/mol. The molecular formula is C18H24N6O2. The molecule has 0 spiro atoms. The van der Waals surface area contributed by atoms with Crippen molar-refractivity contribution in [3.8, 4) is 0 Å². The van der Waals surface area contributed by atoms with Crippen LogP contribution in [0.4, 0.5) is 0 Å². The van der Waals surface area contributed by atoms with Crippen LogP contribution in [0, 0.1) is 5.92 Å². The minimum Gasteiger partial charge on any atom is -0.334 e. The molecule has 0 N–H and O–H groups in total. The third-order valence-electron chi connectivity index (χ3n) is 5.58. The second-order valence-electron chi connectivity index (χ2n) is 6.95. The summed E-state index contributed by atoms with van der Waals surface area (Å²) >= 11 is 0. The van der Waals surface area contributed by atoms with Gasteiger partial charge >= 0.3 is 0 Å². The SMILES string of the molecule is CCN1C(=O)CC[C@H](C(=O)N2CCn3ccnc3C2)[C@H]1c1ccnn1C. The summed E-state index contributed by atoms with van der Waals surface area (Å²) in [7, 11) is 1.86. The van der Waals surface area contributed by atoms with E-state index in [1.165, 1.54) is 0 Å². The van der Waals surface area contributed by atoms with Crippen LogP contribution in [0.2, 0.25) is 0 Å². The van der Waals surface area contributed by atoms with Gasteiger partial charge < -0.3 is 14.4 Å². The Bertz CT molecular complexity index is 825. The zero-order chi connectivity index (χ0) is 18.3. The van der Waals surface area contributed by atoms with Crippen molar-refractivity contribution in [3.05, 3.63) is 36.2 Å². The van der Waals surface area contributed by atoms with Gasteiger partial charge in [-0.05, 0) is 19.4 Å². The summed E-state index contributed by atoms with van der Waals surface area (Å²) < 4.78 is 3.86. The van der Waals surface area contributed by atoms with Crippen LogP contribution in [0.5, 0.6) is 0 Å². The first-order valence-corrected chi connectivity index (χ1v) is 9.16. The van der Waals surface area contributed by atoms with Crippen LogP contribution in [0.15, 0.2) is 24.7 Å². The maximum absolute atomic E-state index is 13.4. The first-order chi connectivity index (χ1) is 12.6. The normalized spacial score (nSPS) is 23.2. The van der Waals surface area contributed by atoms with Crippen molar-refractivity contribution >= 4 is 11.8 Å². The fourth-order valence-electron chi connectivity index (χ4n) is 4.22. The molecule has 0 bridgehead atoms. The molecule has 4 heterocycles. The average Bonchev–Trinajstić information content (AvgIpc) is 3.28. The van der Waals surface area contributed by atoms with Crippen LogP contribution in [0.25, 0.3) is 0 Å². The second-order valence-corrected chi connectivity index (χ2v) is 6.95. The molecule has 8 nitrogen and oxygen atoms in total. The third-order valence-corrected chi connectivity index (χ3v) is 5.58. The number of imidazole rings is 1. The van der Waals surface area contributed by atoms with Crippen LogP contribution in [-0.2, 0) is 29.7 Å². The first-order valence-electron chi connectivity index (χ1n) is 9.16. The van der Waals surface area contributed by atoms with E-state index >= 15 is 0 Å². The fraction of sp³-hybridized carbons (Fsp3) is 0.556. The highest BCUT2D eigenvalue weighted by molar-refractivity contribution is 5.85. The summed E-state index contributed by atoms with van der Waals surface area (Å²) in [5.74, 6) is 0.888. The van der Waals surface area contributed by atoms with Crippen LogP contribution in [-0.4, -0.2) is 54.0 Å². The molecular weight excluding hydrogens is 332 g/mol. The number of piperidine rings is 1. The summed E-state index contributed by atoms with van der Waals surface area (Å²) in [5, 5.41) is 4.26. The van der Waals surface area contributed by atoms with Gasteiger partial charge in [0, 0.05) is 51.7 Å². The van der Waals surface area contributed by atoms with Gasteiger partial charge in [0.15, 0.2) is 0 Å². The van der Waals surface area contributed by atoms with E-state index in [0.29, 0.717) is 32.5 Å². The number of rotatable bonds is 3. The molecule has 2 aliphatic rings. The fourth-order valence-corrected chi connectivity index (χ4v) is 4.22. The van der Waals surface area contributed by atoms with Crippen molar-refractivity contribution in [1.82, 2.24) is 29.1 Å². The highest BCUT2D eigenvalue weighted by Gasteiger charge is 2.43. The lowest BCUT2D eigenvalue weighted by atomic mass is 9.85. The van der Waals surface area contributed by atoms with Gasteiger partial charge in [0.1, 0.15) is 5.82 Å². The quantitative estimate of drug-likeness (QED) is 0.821. The number of aromatic nitrogens is 4. The molecule has 138 valence electrons. The van der Waals surface area contributed by atoms with Gasteiger partial charge in [-0.3, -0.25) is 14.3 Å². The van der Waals surface area contributed by atoms with Crippen molar-refractivity contribution < 1.29 is 9.59 Å². The van der Waals surface area contributed by atoms with E-state index in [0.717, 1.165) is 18.1 Å². The molecule has 8 heteroatoms. The lowest BCUT2D eigenvalue weighted by Crippen LogP contribution is -2.50. The largest absolute Gasteiger partial charge is 0.334 e. The van der Waals surface area contributed by atoms with Crippen LogP contribution in [0.1, 0.15) is 37.3 Å². The summed E-state index contributed by atoms with van der Waals surface area (Å²) in [4.78, 5) is 33.9. The van der Waals surface area contributed by atoms with Crippen molar-refractivity contribution in [2.75, 3.05) is 13.1 Å². The van der Waals surface area contributed by atoms with Crippen molar-refractivity contribution in [2.45, 2.75) is 38.9 Å². The Morgan fingerprint density at radius 2 is 2.15 bits per heavy atom. The summed E-state index contributed by atoms with van der Waals surface area (Å²) in [6.07, 6.45) is 6.45. The molecule has 0 aliphatic carbocycles. The summed E-state index contributed by atoms with van der Waals surface area (Å²) in [6, 6.07) is 1.65. The monoisotopic (exact) mass is 356 g/mol. The number of aryl methyl sites for hydroxylation is 1.